The summed E-state index contributed by atoms with van der Waals surface area (Å²) in [7, 11) is 0. The molecule has 1 aromatic rings. The smallest absolute Gasteiger partial charge is 0.401 e. The highest BCUT2D eigenvalue weighted by atomic mass is 19.4. The molecule has 15 heavy (non-hydrogen) atoms. The van der Waals surface area contributed by atoms with E-state index in [1.807, 2.05) is 0 Å². The highest BCUT2D eigenvalue weighted by Gasteiger charge is 2.32. The number of nitrogens with zero attached hydrogens (tertiary/aromatic N) is 2. The molecule has 0 saturated carbocycles. The fourth-order valence-corrected chi connectivity index (χ4v) is 0.871. The van der Waals surface area contributed by atoms with Crippen molar-refractivity contribution in [3.63, 3.8) is 0 Å². The first-order valence-corrected chi connectivity index (χ1v) is 3.69. The van der Waals surface area contributed by atoms with E-state index in [1.165, 1.54) is 0 Å². The van der Waals surface area contributed by atoms with Gasteiger partial charge in [-0.1, -0.05) is 0 Å². The molecule has 0 aliphatic carbocycles. The molecular weight excluding hydrogens is 216 g/mol. The van der Waals surface area contributed by atoms with Crippen molar-refractivity contribution in [3.05, 3.63) is 23.8 Å². The predicted octanol–water partition coefficient (Wildman–Crippen LogP) is 2.19. The molecule has 0 aliphatic heterocycles. The molecule has 1 rings (SSSR count). The standard InChI is InChI=1S/C8H4F4N2O/c9-7-5(1-2-13)3-14-4-6(7)15-8(10,11)12/h3-4H,1H2. The van der Waals surface area contributed by atoms with E-state index in [-0.39, 0.29) is 12.0 Å². The van der Waals surface area contributed by atoms with Crippen LogP contribution in [0.15, 0.2) is 12.4 Å². The van der Waals surface area contributed by atoms with E-state index < -0.39 is 17.9 Å². The largest absolute Gasteiger partial charge is 0.573 e. The lowest BCUT2D eigenvalue weighted by Crippen LogP contribution is -2.18. The monoisotopic (exact) mass is 220 g/mol. The number of aromatic nitrogens is 1. The molecule has 7 heteroatoms. The van der Waals surface area contributed by atoms with Gasteiger partial charge in [0, 0.05) is 11.8 Å². The predicted molar refractivity (Wildman–Crippen MR) is 40.2 cm³/mol. The molecule has 0 radical (unpaired) electrons. The molecule has 1 heterocycles. The van der Waals surface area contributed by atoms with Gasteiger partial charge >= 0.3 is 6.36 Å². The van der Waals surface area contributed by atoms with Crippen LogP contribution in [-0.4, -0.2) is 11.3 Å². The second kappa shape index (κ2) is 4.13. The lowest BCUT2D eigenvalue weighted by atomic mass is 10.2. The molecule has 0 unspecified atom stereocenters. The molecule has 0 bridgehead atoms. The number of hydrogen-bond acceptors (Lipinski definition) is 3. The summed E-state index contributed by atoms with van der Waals surface area (Å²) in [6.45, 7) is 0. The Morgan fingerprint density at radius 1 is 1.40 bits per heavy atom. The van der Waals surface area contributed by atoms with E-state index in [2.05, 4.69) is 9.72 Å². The first-order valence-electron chi connectivity index (χ1n) is 3.69. The van der Waals surface area contributed by atoms with E-state index in [4.69, 9.17) is 5.26 Å². The van der Waals surface area contributed by atoms with Crippen LogP contribution in [0.1, 0.15) is 5.56 Å². The normalized spacial score (nSPS) is 10.9. The molecule has 0 spiro atoms. The van der Waals surface area contributed by atoms with Crippen LogP contribution in [0.3, 0.4) is 0 Å². The van der Waals surface area contributed by atoms with Gasteiger partial charge in [0.25, 0.3) is 0 Å². The van der Waals surface area contributed by atoms with Crippen LogP contribution in [-0.2, 0) is 6.42 Å². The topological polar surface area (TPSA) is 45.9 Å². The van der Waals surface area contributed by atoms with Gasteiger partial charge in [-0.25, -0.2) is 4.39 Å². The summed E-state index contributed by atoms with van der Waals surface area (Å²) in [5.74, 6) is -2.25. The summed E-state index contributed by atoms with van der Waals surface area (Å²) >= 11 is 0. The van der Waals surface area contributed by atoms with Gasteiger partial charge in [-0.2, -0.15) is 5.26 Å². The van der Waals surface area contributed by atoms with Crippen molar-refractivity contribution in [2.45, 2.75) is 12.8 Å². The molecule has 0 aliphatic rings. The molecule has 0 fully saturated rings. The first kappa shape index (κ1) is 11.2. The van der Waals surface area contributed by atoms with Crippen LogP contribution in [0.5, 0.6) is 5.75 Å². The summed E-state index contributed by atoms with van der Waals surface area (Å²) in [5.41, 5.74) is -0.237. The van der Waals surface area contributed by atoms with Crippen molar-refractivity contribution in [3.8, 4) is 11.8 Å². The number of pyridine rings is 1. The summed E-state index contributed by atoms with van der Waals surface area (Å²) in [4.78, 5) is 3.33. The van der Waals surface area contributed by atoms with Gasteiger partial charge in [-0.15, -0.1) is 13.2 Å². The maximum absolute atomic E-state index is 13.2. The van der Waals surface area contributed by atoms with Crippen molar-refractivity contribution in [2.75, 3.05) is 0 Å². The number of alkyl halides is 3. The van der Waals surface area contributed by atoms with Gasteiger partial charge in [0.1, 0.15) is 0 Å². The lowest BCUT2D eigenvalue weighted by Gasteiger charge is -2.09. The van der Waals surface area contributed by atoms with E-state index in [0.29, 0.717) is 6.20 Å². The van der Waals surface area contributed by atoms with Crippen LogP contribution < -0.4 is 4.74 Å². The molecule has 0 saturated heterocycles. The fraction of sp³-hybridized carbons (Fsp3) is 0.250. The maximum atomic E-state index is 13.2. The van der Waals surface area contributed by atoms with Crippen LogP contribution in [0.25, 0.3) is 0 Å². The lowest BCUT2D eigenvalue weighted by molar-refractivity contribution is -0.275. The van der Waals surface area contributed by atoms with Gasteiger partial charge in [-0.3, -0.25) is 4.98 Å². The summed E-state index contributed by atoms with van der Waals surface area (Å²) in [6, 6.07) is 1.60. The van der Waals surface area contributed by atoms with Gasteiger partial charge < -0.3 is 4.74 Å². The first-order chi connectivity index (χ1) is 6.94. The SMILES string of the molecule is N#CCc1cncc(OC(F)(F)F)c1F. The average Bonchev–Trinajstić information content (AvgIpc) is 2.10. The number of nitriles is 1. The van der Waals surface area contributed by atoms with Crippen LogP contribution in [0.4, 0.5) is 17.6 Å². The Hall–Kier alpha value is -1.84. The van der Waals surface area contributed by atoms with Crippen molar-refractivity contribution in [1.82, 2.24) is 4.98 Å². The van der Waals surface area contributed by atoms with Crippen LogP contribution in [0, 0.1) is 17.1 Å². The minimum atomic E-state index is -4.98. The Bertz CT molecular complexity index is 397. The van der Waals surface area contributed by atoms with E-state index in [0.717, 1.165) is 6.20 Å². The van der Waals surface area contributed by atoms with Gasteiger partial charge in [0.2, 0.25) is 0 Å². The Morgan fingerprint density at radius 3 is 2.60 bits per heavy atom. The summed E-state index contributed by atoms with van der Waals surface area (Å²) in [5, 5.41) is 8.26. The number of rotatable bonds is 2. The highest BCUT2D eigenvalue weighted by Crippen LogP contribution is 2.26. The van der Waals surface area contributed by atoms with Crippen molar-refractivity contribution in [1.29, 1.82) is 5.26 Å². The average molecular weight is 220 g/mol. The quantitative estimate of drug-likeness (QED) is 0.717. The zero-order valence-corrected chi connectivity index (χ0v) is 7.18. The summed E-state index contributed by atoms with van der Waals surface area (Å²) in [6.07, 6.45) is -3.77. The number of halogens is 4. The third kappa shape index (κ3) is 3.09. The fourth-order valence-electron chi connectivity index (χ4n) is 0.871. The molecule has 0 atom stereocenters. The number of hydrogen-bond donors (Lipinski definition) is 0. The molecule has 3 nitrogen and oxygen atoms in total. The van der Waals surface area contributed by atoms with Gasteiger partial charge in [-0.05, 0) is 0 Å². The zero-order valence-electron chi connectivity index (χ0n) is 7.18. The number of ether oxygens (including phenoxy) is 1. The van der Waals surface area contributed by atoms with Crippen molar-refractivity contribution in [2.24, 2.45) is 0 Å². The molecule has 0 aromatic carbocycles. The molecule has 1 aromatic heterocycles. The minimum Gasteiger partial charge on any atom is -0.401 e. The Balaban J connectivity index is 3.00. The summed E-state index contributed by atoms with van der Waals surface area (Å²) < 4.78 is 51.8. The van der Waals surface area contributed by atoms with Crippen LogP contribution >= 0.6 is 0 Å². The van der Waals surface area contributed by atoms with E-state index in [9.17, 15) is 17.6 Å². The van der Waals surface area contributed by atoms with Gasteiger partial charge in [0.15, 0.2) is 11.6 Å². The molecule has 0 amide bonds. The van der Waals surface area contributed by atoms with Crippen LogP contribution in [0.2, 0.25) is 0 Å². The van der Waals surface area contributed by atoms with E-state index in [1.54, 1.807) is 6.07 Å². The molecule has 0 N–H and O–H groups in total. The zero-order chi connectivity index (χ0) is 11.5. The second-order valence-corrected chi connectivity index (χ2v) is 2.49. The minimum absolute atomic E-state index is 0.237. The van der Waals surface area contributed by atoms with Crippen molar-refractivity contribution >= 4 is 0 Å². The third-order valence-corrected chi connectivity index (χ3v) is 1.42. The maximum Gasteiger partial charge on any atom is 0.573 e. The Labute approximate surface area is 81.9 Å². The Kier molecular flexibility index (Phi) is 3.09. The molecule has 80 valence electrons. The second-order valence-electron chi connectivity index (χ2n) is 2.49. The van der Waals surface area contributed by atoms with E-state index >= 15 is 0 Å². The van der Waals surface area contributed by atoms with Gasteiger partial charge in [0.05, 0.1) is 18.7 Å². The molecular formula is C8H4F4N2O. The third-order valence-electron chi connectivity index (χ3n) is 1.42. The highest BCUT2D eigenvalue weighted by molar-refractivity contribution is 5.28. The Morgan fingerprint density at radius 2 is 2.07 bits per heavy atom. The van der Waals surface area contributed by atoms with Crippen molar-refractivity contribution < 1.29 is 22.3 Å².